The number of benzene rings is 1. The number of hydrogen-bond acceptors (Lipinski definition) is 3. The third-order valence-electron chi connectivity index (χ3n) is 2.64. The Bertz CT molecular complexity index is 595. The van der Waals surface area contributed by atoms with Gasteiger partial charge < -0.3 is 10.2 Å². The van der Waals surface area contributed by atoms with Gasteiger partial charge in [-0.1, -0.05) is 23.7 Å². The summed E-state index contributed by atoms with van der Waals surface area (Å²) in [5.74, 6) is 0.452. The van der Waals surface area contributed by atoms with Crippen molar-refractivity contribution in [2.24, 2.45) is 10.1 Å². The van der Waals surface area contributed by atoms with Gasteiger partial charge >= 0.3 is 0 Å². The minimum absolute atomic E-state index is 0. The Morgan fingerprint density at radius 2 is 2.14 bits per heavy atom. The molecule has 6 nitrogen and oxygen atoms in total. The molecule has 1 rings (SSSR count). The van der Waals surface area contributed by atoms with Crippen molar-refractivity contribution in [3.63, 3.8) is 0 Å². The lowest BCUT2D eigenvalue weighted by Crippen LogP contribution is -2.39. The average molecular weight is 461 g/mol. The number of primary sulfonamides is 1. The molecule has 0 bridgehead atoms. The number of nitrogens with one attached hydrogen (secondary N) is 1. The van der Waals surface area contributed by atoms with Crippen molar-refractivity contribution >= 4 is 51.6 Å². The van der Waals surface area contributed by atoms with Crippen molar-refractivity contribution in [2.75, 3.05) is 25.9 Å². The second-order valence-corrected chi connectivity index (χ2v) is 6.76. The van der Waals surface area contributed by atoms with Crippen LogP contribution in [0.1, 0.15) is 12.5 Å². The quantitative estimate of drug-likeness (QED) is 0.384. The van der Waals surface area contributed by atoms with Crippen LogP contribution in [0.3, 0.4) is 0 Å². The molecule has 0 radical (unpaired) electrons. The van der Waals surface area contributed by atoms with E-state index in [0.29, 0.717) is 24.1 Å². The minimum Gasteiger partial charge on any atom is -0.357 e. The Balaban J connectivity index is 0.00000441. The summed E-state index contributed by atoms with van der Waals surface area (Å²) >= 11 is 5.96. The zero-order valence-electron chi connectivity index (χ0n) is 12.6. The van der Waals surface area contributed by atoms with Gasteiger partial charge in [0, 0.05) is 25.2 Å². The number of nitrogens with two attached hydrogens (primary N) is 1. The zero-order valence-corrected chi connectivity index (χ0v) is 16.5. The maximum Gasteiger partial charge on any atom is 0.210 e. The van der Waals surface area contributed by atoms with E-state index in [4.69, 9.17) is 16.7 Å². The Morgan fingerprint density at radius 3 is 2.68 bits per heavy atom. The summed E-state index contributed by atoms with van der Waals surface area (Å²) in [6.45, 7) is 3.37. The van der Waals surface area contributed by atoms with E-state index in [1.807, 2.05) is 43.1 Å². The third-order valence-corrected chi connectivity index (χ3v) is 3.63. The van der Waals surface area contributed by atoms with Crippen LogP contribution in [0.2, 0.25) is 5.02 Å². The van der Waals surface area contributed by atoms with E-state index < -0.39 is 10.0 Å². The smallest absolute Gasteiger partial charge is 0.210 e. The highest BCUT2D eigenvalue weighted by Gasteiger charge is 2.08. The molecule has 0 aliphatic carbocycles. The van der Waals surface area contributed by atoms with Crippen LogP contribution in [0, 0.1) is 0 Å². The van der Waals surface area contributed by atoms with Gasteiger partial charge in [-0.15, -0.1) is 24.0 Å². The van der Waals surface area contributed by atoms with Gasteiger partial charge in [0.1, 0.15) is 0 Å². The van der Waals surface area contributed by atoms with E-state index in [0.717, 1.165) is 5.56 Å². The second kappa shape index (κ2) is 10.2. The molecule has 0 saturated heterocycles. The topological polar surface area (TPSA) is 87.8 Å². The second-order valence-electron chi connectivity index (χ2n) is 4.59. The molecule has 0 aliphatic rings. The highest BCUT2D eigenvalue weighted by molar-refractivity contribution is 14.0. The molecular formula is C13H22ClIN4O2S. The van der Waals surface area contributed by atoms with Crippen molar-refractivity contribution < 1.29 is 8.42 Å². The summed E-state index contributed by atoms with van der Waals surface area (Å²) in [4.78, 5) is 6.16. The molecule has 1 aromatic rings. The van der Waals surface area contributed by atoms with Gasteiger partial charge in [-0.2, -0.15) is 0 Å². The first-order valence-electron chi connectivity index (χ1n) is 6.56. The Morgan fingerprint density at radius 1 is 1.45 bits per heavy atom. The van der Waals surface area contributed by atoms with Crippen LogP contribution >= 0.6 is 35.6 Å². The first-order chi connectivity index (χ1) is 9.81. The summed E-state index contributed by atoms with van der Waals surface area (Å²) < 4.78 is 21.9. The average Bonchev–Trinajstić information content (AvgIpc) is 2.36. The summed E-state index contributed by atoms with van der Waals surface area (Å²) in [6.07, 6.45) is 0. The van der Waals surface area contributed by atoms with Crippen LogP contribution in [0.15, 0.2) is 29.3 Å². The highest BCUT2D eigenvalue weighted by atomic mass is 127. The highest BCUT2D eigenvalue weighted by Crippen LogP contribution is 2.12. The molecule has 1 aromatic carbocycles. The fourth-order valence-corrected chi connectivity index (χ4v) is 2.29. The van der Waals surface area contributed by atoms with Crippen LogP contribution in [0.4, 0.5) is 0 Å². The molecule has 0 unspecified atom stereocenters. The van der Waals surface area contributed by atoms with Crippen LogP contribution in [0.5, 0.6) is 0 Å². The van der Waals surface area contributed by atoms with E-state index in [1.165, 1.54) is 0 Å². The molecule has 0 aliphatic heterocycles. The van der Waals surface area contributed by atoms with E-state index in [1.54, 1.807) is 0 Å². The molecule has 9 heteroatoms. The number of hydrogen-bond donors (Lipinski definition) is 2. The van der Waals surface area contributed by atoms with E-state index in [-0.39, 0.29) is 36.3 Å². The normalized spacial score (nSPS) is 11.7. The maximum atomic E-state index is 10.9. The first-order valence-corrected chi connectivity index (χ1v) is 8.65. The van der Waals surface area contributed by atoms with Crippen LogP contribution in [-0.2, 0) is 16.6 Å². The van der Waals surface area contributed by atoms with Crippen molar-refractivity contribution in [2.45, 2.75) is 13.5 Å². The molecular weight excluding hydrogens is 439 g/mol. The van der Waals surface area contributed by atoms with Crippen LogP contribution in [-0.4, -0.2) is 45.2 Å². The van der Waals surface area contributed by atoms with Gasteiger partial charge in [0.2, 0.25) is 10.0 Å². The predicted octanol–water partition coefficient (Wildman–Crippen LogP) is 1.64. The fraction of sp³-hybridized carbons (Fsp3) is 0.462. The van der Waals surface area contributed by atoms with Gasteiger partial charge in [0.25, 0.3) is 0 Å². The van der Waals surface area contributed by atoms with Gasteiger partial charge in [-0.05, 0) is 24.6 Å². The molecule has 0 heterocycles. The lowest BCUT2D eigenvalue weighted by Gasteiger charge is -2.22. The summed E-state index contributed by atoms with van der Waals surface area (Å²) in [5, 5.41) is 8.75. The Labute approximate surface area is 154 Å². The number of guanidine groups is 1. The van der Waals surface area contributed by atoms with Crippen molar-refractivity contribution in [1.29, 1.82) is 0 Å². The number of rotatable bonds is 6. The van der Waals surface area contributed by atoms with E-state index >= 15 is 0 Å². The molecule has 126 valence electrons. The molecule has 0 fully saturated rings. The molecule has 0 spiro atoms. The first kappa shape index (κ1) is 21.4. The Kier molecular flexibility index (Phi) is 9.97. The zero-order chi connectivity index (χ0) is 15.9. The molecule has 0 aromatic heterocycles. The van der Waals surface area contributed by atoms with Gasteiger partial charge in [0.05, 0.1) is 12.3 Å². The molecule has 22 heavy (non-hydrogen) atoms. The van der Waals surface area contributed by atoms with Gasteiger partial charge in [-0.3, -0.25) is 4.99 Å². The van der Waals surface area contributed by atoms with Gasteiger partial charge in [-0.25, -0.2) is 13.6 Å². The number of sulfonamides is 1. The lowest BCUT2D eigenvalue weighted by atomic mass is 10.2. The number of nitrogens with zero attached hydrogens (tertiary/aromatic N) is 2. The SMILES string of the molecule is CCNC(=NCCS(N)(=O)=O)N(C)Cc1cccc(Cl)c1.I. The van der Waals surface area contributed by atoms with Crippen molar-refractivity contribution in [1.82, 2.24) is 10.2 Å². The van der Waals surface area contributed by atoms with Crippen LogP contribution < -0.4 is 10.5 Å². The molecule has 0 amide bonds. The van der Waals surface area contributed by atoms with Crippen molar-refractivity contribution in [3.05, 3.63) is 34.9 Å². The fourth-order valence-electron chi connectivity index (χ4n) is 1.73. The maximum absolute atomic E-state index is 10.9. The molecule has 0 saturated carbocycles. The summed E-state index contributed by atoms with van der Waals surface area (Å²) in [5.41, 5.74) is 1.04. The van der Waals surface area contributed by atoms with Crippen LogP contribution in [0.25, 0.3) is 0 Å². The molecule has 3 N–H and O–H groups in total. The third kappa shape index (κ3) is 8.76. The summed E-state index contributed by atoms with van der Waals surface area (Å²) in [7, 11) is -1.62. The Hall–Kier alpha value is -0.580. The number of aliphatic imine (C=N–C) groups is 1. The van der Waals surface area contributed by atoms with Gasteiger partial charge in [0.15, 0.2) is 5.96 Å². The molecule has 0 atom stereocenters. The summed E-state index contributed by atoms with van der Waals surface area (Å²) in [6, 6.07) is 7.55. The standard InChI is InChI=1S/C13H21ClN4O2S.HI/c1-3-16-13(17-7-8-21(15,19)20)18(2)10-11-5-4-6-12(14)9-11;/h4-6,9H,3,7-8,10H2,1-2H3,(H,16,17)(H2,15,19,20);1H. The largest absolute Gasteiger partial charge is 0.357 e. The number of halogens is 2. The van der Waals surface area contributed by atoms with E-state index in [2.05, 4.69) is 10.3 Å². The minimum atomic E-state index is -3.50. The van der Waals surface area contributed by atoms with Crippen molar-refractivity contribution in [3.8, 4) is 0 Å². The van der Waals surface area contributed by atoms with E-state index in [9.17, 15) is 8.42 Å². The lowest BCUT2D eigenvalue weighted by molar-refractivity contribution is 0.477. The monoisotopic (exact) mass is 460 g/mol. The predicted molar refractivity (Wildman–Crippen MR) is 102 cm³/mol.